The largest absolute Gasteiger partial charge is 0.488 e. The first-order chi connectivity index (χ1) is 20.5. The summed E-state index contributed by atoms with van der Waals surface area (Å²) >= 11 is 6.59. The second-order valence-corrected chi connectivity index (χ2v) is 10.8. The van der Waals surface area contributed by atoms with E-state index in [1.54, 1.807) is 12.1 Å². The van der Waals surface area contributed by atoms with Crippen molar-refractivity contribution in [2.45, 2.75) is 77.2 Å². The van der Waals surface area contributed by atoms with E-state index in [0.717, 1.165) is 23.3 Å². The molecule has 2 fully saturated rings. The molecule has 0 aliphatic carbocycles. The molecule has 0 spiro atoms. The van der Waals surface area contributed by atoms with Gasteiger partial charge in [-0.1, -0.05) is 35.9 Å². The Labute approximate surface area is 254 Å². The average Bonchev–Trinajstić information content (AvgIpc) is 3.44. The summed E-state index contributed by atoms with van der Waals surface area (Å²) in [5.74, 6) is -1.90. The van der Waals surface area contributed by atoms with Gasteiger partial charge in [0.2, 0.25) is 0 Å². The van der Waals surface area contributed by atoms with Gasteiger partial charge in [-0.2, -0.15) is 0 Å². The third-order valence-electron chi connectivity index (χ3n) is 6.90. The number of hydrogen-bond donors (Lipinski definition) is 0. The Kier molecular flexibility index (Phi) is 11.0. The normalized spacial score (nSPS) is 25.0. The van der Waals surface area contributed by atoms with Crippen LogP contribution in [0.4, 0.5) is 0 Å². The summed E-state index contributed by atoms with van der Waals surface area (Å²) in [7, 11) is 0. The molecule has 11 nitrogen and oxygen atoms in total. The van der Waals surface area contributed by atoms with E-state index in [2.05, 4.69) is 0 Å². The summed E-state index contributed by atoms with van der Waals surface area (Å²) in [6.07, 6.45) is -4.39. The maximum absolute atomic E-state index is 12.2. The highest BCUT2D eigenvalue weighted by Gasteiger charge is 2.52. The van der Waals surface area contributed by atoms with Gasteiger partial charge in [-0.25, -0.2) is 0 Å². The summed E-state index contributed by atoms with van der Waals surface area (Å²) in [6.45, 7) is 5.73. The third kappa shape index (κ3) is 8.92. The highest BCUT2D eigenvalue weighted by molar-refractivity contribution is 6.31. The van der Waals surface area contributed by atoms with E-state index < -0.39 is 54.4 Å². The van der Waals surface area contributed by atoms with Crippen LogP contribution in [-0.4, -0.2) is 74.2 Å². The molecule has 0 aromatic heterocycles. The zero-order chi connectivity index (χ0) is 31.1. The molecule has 232 valence electrons. The van der Waals surface area contributed by atoms with E-state index in [4.69, 9.17) is 44.8 Å². The first-order valence-corrected chi connectivity index (χ1v) is 14.3. The molecule has 4 rings (SSSR count). The number of hydrogen-bond acceptors (Lipinski definition) is 11. The minimum absolute atomic E-state index is 0.0403. The van der Waals surface area contributed by atoms with Crippen molar-refractivity contribution in [1.82, 2.24) is 0 Å². The molecule has 0 N–H and O–H groups in total. The highest BCUT2D eigenvalue weighted by atomic mass is 35.5. The Morgan fingerprint density at radius 3 is 2.09 bits per heavy atom. The summed E-state index contributed by atoms with van der Waals surface area (Å²) in [6, 6.07) is 12.9. The van der Waals surface area contributed by atoms with Gasteiger partial charge in [0.25, 0.3) is 0 Å². The van der Waals surface area contributed by atoms with Crippen LogP contribution in [-0.2, 0) is 54.0 Å². The third-order valence-corrected chi connectivity index (χ3v) is 7.27. The molecule has 12 heteroatoms. The zero-order valence-corrected chi connectivity index (χ0v) is 25.2. The Morgan fingerprint density at radius 1 is 0.837 bits per heavy atom. The maximum Gasteiger partial charge on any atom is 0.303 e. The van der Waals surface area contributed by atoms with E-state index in [0.29, 0.717) is 30.2 Å². The van der Waals surface area contributed by atoms with Crippen molar-refractivity contribution < 1.29 is 52.3 Å². The number of carbonyl (C=O) groups is 4. The zero-order valence-electron chi connectivity index (χ0n) is 24.4. The molecule has 2 saturated heterocycles. The molecule has 6 unspecified atom stereocenters. The second kappa shape index (κ2) is 14.7. The number of ether oxygens (including phenoxy) is 7. The summed E-state index contributed by atoms with van der Waals surface area (Å²) in [4.78, 5) is 48.0. The van der Waals surface area contributed by atoms with Crippen LogP contribution in [0.3, 0.4) is 0 Å². The summed E-state index contributed by atoms with van der Waals surface area (Å²) in [5.41, 5.74) is 2.28. The van der Waals surface area contributed by atoms with Gasteiger partial charge in [-0.15, -0.1) is 0 Å². The van der Waals surface area contributed by atoms with Crippen LogP contribution in [0.1, 0.15) is 56.9 Å². The lowest BCUT2D eigenvalue weighted by molar-refractivity contribution is -0.254. The van der Waals surface area contributed by atoms with Gasteiger partial charge in [0.05, 0.1) is 13.2 Å². The SMILES string of the molecule is CC(=O)OCC1OC(c2ccc(Cl)c(Cc3ccc(OC4CCOC4)cc3)c2)C(OC(C)=O)C(OC(C)=O)C1OC(C)=O. The number of carbonyl (C=O) groups excluding carboxylic acids is 4. The monoisotopic (exact) mass is 618 g/mol. The topological polar surface area (TPSA) is 133 Å². The molecule has 2 aromatic carbocycles. The van der Waals surface area contributed by atoms with E-state index >= 15 is 0 Å². The Hall–Kier alpha value is -3.67. The molecule has 0 saturated carbocycles. The fourth-order valence-corrected chi connectivity index (χ4v) is 5.29. The lowest BCUT2D eigenvalue weighted by Crippen LogP contribution is -2.59. The highest BCUT2D eigenvalue weighted by Crippen LogP contribution is 2.39. The maximum atomic E-state index is 12.2. The molecule has 0 radical (unpaired) electrons. The molecule has 2 heterocycles. The van der Waals surface area contributed by atoms with Crippen LogP contribution < -0.4 is 4.74 Å². The number of rotatable bonds is 10. The predicted molar refractivity (Wildman–Crippen MR) is 151 cm³/mol. The van der Waals surface area contributed by atoms with Crippen molar-refractivity contribution in [3.05, 3.63) is 64.2 Å². The molecular formula is C31H35ClO11. The molecule has 2 aliphatic heterocycles. The molecule has 2 aromatic rings. The van der Waals surface area contributed by atoms with E-state index in [9.17, 15) is 19.2 Å². The van der Waals surface area contributed by atoms with Crippen LogP contribution in [0, 0.1) is 0 Å². The van der Waals surface area contributed by atoms with Crippen LogP contribution in [0.25, 0.3) is 0 Å². The quantitative estimate of drug-likeness (QED) is 0.284. The van der Waals surface area contributed by atoms with E-state index in [1.165, 1.54) is 27.7 Å². The van der Waals surface area contributed by atoms with Crippen LogP contribution in [0.5, 0.6) is 5.75 Å². The standard InChI is InChI=1S/C31H35ClO11/c1-17(33)38-16-27-29(39-18(2)34)31(41-20(4)36)30(40-19(3)35)28(43-27)22-7-10-26(32)23(14-22)13-21-5-8-24(9-6-21)42-25-11-12-37-15-25/h5-10,14,25,27-31H,11-13,15-16H2,1-4H3. The smallest absolute Gasteiger partial charge is 0.303 e. The molecule has 43 heavy (non-hydrogen) atoms. The Morgan fingerprint density at radius 2 is 1.49 bits per heavy atom. The van der Waals surface area contributed by atoms with Crippen molar-refractivity contribution in [2.24, 2.45) is 0 Å². The van der Waals surface area contributed by atoms with Crippen molar-refractivity contribution in [2.75, 3.05) is 19.8 Å². The van der Waals surface area contributed by atoms with Gasteiger partial charge in [0.15, 0.2) is 18.3 Å². The molecule has 0 amide bonds. The Balaban J connectivity index is 1.65. The minimum atomic E-state index is -1.26. The van der Waals surface area contributed by atoms with Crippen LogP contribution in [0.15, 0.2) is 42.5 Å². The second-order valence-electron chi connectivity index (χ2n) is 10.4. The fourth-order valence-electron chi connectivity index (χ4n) is 5.11. The van der Waals surface area contributed by atoms with Crippen LogP contribution in [0.2, 0.25) is 5.02 Å². The summed E-state index contributed by atoms with van der Waals surface area (Å²) in [5, 5.41) is 0.498. The first kappa shape index (κ1) is 32.2. The lowest BCUT2D eigenvalue weighted by Gasteiger charge is -2.44. The first-order valence-electron chi connectivity index (χ1n) is 13.9. The Bertz CT molecular complexity index is 1310. The summed E-state index contributed by atoms with van der Waals surface area (Å²) < 4.78 is 39.4. The van der Waals surface area contributed by atoms with E-state index in [1.807, 2.05) is 30.3 Å². The van der Waals surface area contributed by atoms with Gasteiger partial charge in [-0.05, 0) is 41.3 Å². The predicted octanol–water partition coefficient (Wildman–Crippen LogP) is 3.90. The number of esters is 4. The number of halogens is 1. The lowest BCUT2D eigenvalue weighted by atomic mass is 9.89. The molecule has 2 aliphatic rings. The molecular weight excluding hydrogens is 584 g/mol. The van der Waals surface area contributed by atoms with Crippen LogP contribution >= 0.6 is 11.6 Å². The fraction of sp³-hybridized carbons (Fsp3) is 0.484. The van der Waals surface area contributed by atoms with Gasteiger partial charge < -0.3 is 33.2 Å². The van der Waals surface area contributed by atoms with Gasteiger partial charge >= 0.3 is 23.9 Å². The molecule has 0 bridgehead atoms. The van der Waals surface area contributed by atoms with Crippen molar-refractivity contribution in [3.63, 3.8) is 0 Å². The van der Waals surface area contributed by atoms with Gasteiger partial charge in [0.1, 0.15) is 30.7 Å². The van der Waals surface area contributed by atoms with Crippen molar-refractivity contribution in [1.29, 1.82) is 0 Å². The molecule has 6 atom stereocenters. The van der Waals surface area contributed by atoms with Gasteiger partial charge in [0, 0.05) is 39.1 Å². The van der Waals surface area contributed by atoms with Crippen molar-refractivity contribution >= 4 is 35.5 Å². The van der Waals surface area contributed by atoms with E-state index in [-0.39, 0.29) is 12.7 Å². The number of benzene rings is 2. The minimum Gasteiger partial charge on any atom is -0.488 e. The van der Waals surface area contributed by atoms with Gasteiger partial charge in [-0.3, -0.25) is 19.2 Å². The van der Waals surface area contributed by atoms with Crippen molar-refractivity contribution in [3.8, 4) is 5.75 Å². The average molecular weight is 619 g/mol.